The standard InChI is InChI=1S/C20H24N4O2/c1-3-16-18-19(24(23-16)14-6-4-5-7-14)22-17(12-21-20(18)25)13-8-10-15(26-2)11-9-13/h8-11,14H,3-7,12H2,1-2H3,(H,21,25). The van der Waals surface area contributed by atoms with E-state index in [0.717, 1.165) is 47.8 Å². The molecule has 4 rings (SSSR count). The molecule has 1 aromatic heterocycles. The van der Waals surface area contributed by atoms with E-state index in [-0.39, 0.29) is 5.91 Å². The number of nitrogens with zero attached hydrogens (tertiary/aromatic N) is 3. The lowest BCUT2D eigenvalue weighted by molar-refractivity contribution is 0.0960. The Bertz CT molecular complexity index is 845. The number of carbonyl (C=O) groups is 1. The van der Waals surface area contributed by atoms with Gasteiger partial charge in [-0.15, -0.1) is 0 Å². The van der Waals surface area contributed by atoms with Crippen molar-refractivity contribution in [2.45, 2.75) is 45.1 Å². The molecule has 2 heterocycles. The van der Waals surface area contributed by atoms with Crippen LogP contribution >= 0.6 is 0 Å². The lowest BCUT2D eigenvalue weighted by Crippen LogP contribution is -2.28. The number of nitrogens with one attached hydrogen (secondary N) is 1. The van der Waals surface area contributed by atoms with Crippen LogP contribution in [0.25, 0.3) is 0 Å². The SMILES string of the molecule is CCc1nn(C2CCCC2)c2c1C(=O)NCC(c1ccc(OC)cc1)=N2. The summed E-state index contributed by atoms with van der Waals surface area (Å²) in [4.78, 5) is 17.7. The molecule has 1 amide bonds. The van der Waals surface area contributed by atoms with E-state index in [2.05, 4.69) is 5.32 Å². The number of hydrogen-bond acceptors (Lipinski definition) is 4. The third-order valence-electron chi connectivity index (χ3n) is 5.27. The van der Waals surface area contributed by atoms with Gasteiger partial charge >= 0.3 is 0 Å². The van der Waals surface area contributed by atoms with Gasteiger partial charge in [-0.25, -0.2) is 9.67 Å². The van der Waals surface area contributed by atoms with Crippen LogP contribution in [0.4, 0.5) is 5.82 Å². The second-order valence-corrected chi connectivity index (χ2v) is 6.85. The number of aliphatic imine (C=N–C) groups is 1. The van der Waals surface area contributed by atoms with Crippen molar-refractivity contribution in [1.29, 1.82) is 0 Å². The largest absolute Gasteiger partial charge is 0.497 e. The van der Waals surface area contributed by atoms with Crippen LogP contribution in [-0.4, -0.2) is 35.1 Å². The van der Waals surface area contributed by atoms with Crippen LogP contribution in [0, 0.1) is 0 Å². The minimum absolute atomic E-state index is 0.0756. The fourth-order valence-corrected chi connectivity index (χ4v) is 3.83. The van der Waals surface area contributed by atoms with Gasteiger partial charge in [-0.1, -0.05) is 19.8 Å². The molecular formula is C20H24N4O2. The molecule has 2 aromatic rings. The zero-order chi connectivity index (χ0) is 18.1. The molecule has 1 saturated carbocycles. The highest BCUT2D eigenvalue weighted by atomic mass is 16.5. The Morgan fingerprint density at radius 3 is 2.62 bits per heavy atom. The van der Waals surface area contributed by atoms with Crippen LogP contribution in [0.15, 0.2) is 29.3 Å². The van der Waals surface area contributed by atoms with Crippen molar-refractivity contribution in [3.8, 4) is 5.75 Å². The van der Waals surface area contributed by atoms with Gasteiger partial charge in [-0.2, -0.15) is 5.10 Å². The maximum atomic E-state index is 12.7. The maximum absolute atomic E-state index is 12.7. The third-order valence-corrected chi connectivity index (χ3v) is 5.27. The Morgan fingerprint density at radius 1 is 1.23 bits per heavy atom. The summed E-state index contributed by atoms with van der Waals surface area (Å²) in [6.07, 6.45) is 5.35. The molecule has 0 spiro atoms. The van der Waals surface area contributed by atoms with Gasteiger partial charge in [0, 0.05) is 0 Å². The average Bonchev–Trinajstić information content (AvgIpc) is 3.29. The summed E-state index contributed by atoms with van der Waals surface area (Å²) < 4.78 is 7.24. The summed E-state index contributed by atoms with van der Waals surface area (Å²) in [7, 11) is 1.65. The number of carbonyl (C=O) groups excluding carboxylic acids is 1. The van der Waals surface area contributed by atoms with Gasteiger partial charge < -0.3 is 10.1 Å². The summed E-state index contributed by atoms with van der Waals surface area (Å²) in [6, 6.07) is 8.13. The Kier molecular flexibility index (Phi) is 4.49. The van der Waals surface area contributed by atoms with Crippen molar-refractivity contribution in [1.82, 2.24) is 15.1 Å². The fraction of sp³-hybridized carbons (Fsp3) is 0.450. The highest BCUT2D eigenvalue weighted by molar-refractivity contribution is 6.10. The van der Waals surface area contributed by atoms with Crippen LogP contribution < -0.4 is 10.1 Å². The van der Waals surface area contributed by atoms with Gasteiger partial charge in [0.1, 0.15) is 11.3 Å². The molecule has 1 aliphatic carbocycles. The molecule has 6 heteroatoms. The summed E-state index contributed by atoms with van der Waals surface area (Å²) in [5.74, 6) is 1.44. The first kappa shape index (κ1) is 16.8. The van der Waals surface area contributed by atoms with Gasteiger partial charge in [-0.3, -0.25) is 4.79 Å². The Morgan fingerprint density at radius 2 is 1.96 bits per heavy atom. The molecule has 0 unspecified atom stereocenters. The van der Waals surface area contributed by atoms with Gasteiger partial charge in [0.25, 0.3) is 5.91 Å². The van der Waals surface area contributed by atoms with Gasteiger partial charge in [-0.05, 0) is 49.1 Å². The summed E-state index contributed by atoms with van der Waals surface area (Å²) in [6.45, 7) is 2.45. The van der Waals surface area contributed by atoms with E-state index in [1.165, 1.54) is 12.8 Å². The van der Waals surface area contributed by atoms with Crippen molar-refractivity contribution in [2.75, 3.05) is 13.7 Å². The maximum Gasteiger partial charge on any atom is 0.257 e. The predicted octanol–water partition coefficient (Wildman–Crippen LogP) is 3.43. The average molecular weight is 352 g/mol. The monoisotopic (exact) mass is 352 g/mol. The molecule has 1 aromatic carbocycles. The van der Waals surface area contributed by atoms with Crippen LogP contribution in [0.3, 0.4) is 0 Å². The van der Waals surface area contributed by atoms with Crippen molar-refractivity contribution < 1.29 is 9.53 Å². The number of methoxy groups -OCH3 is 1. The first-order chi connectivity index (χ1) is 12.7. The molecule has 0 saturated heterocycles. The highest BCUT2D eigenvalue weighted by Crippen LogP contribution is 2.36. The van der Waals surface area contributed by atoms with Crippen molar-refractivity contribution in [2.24, 2.45) is 4.99 Å². The van der Waals surface area contributed by atoms with Crippen molar-refractivity contribution >= 4 is 17.4 Å². The molecular weight excluding hydrogens is 328 g/mol. The minimum Gasteiger partial charge on any atom is -0.497 e. The quantitative estimate of drug-likeness (QED) is 0.916. The van der Waals surface area contributed by atoms with Crippen molar-refractivity contribution in [3.05, 3.63) is 41.1 Å². The normalized spacial score (nSPS) is 17.5. The topological polar surface area (TPSA) is 68.5 Å². The molecule has 26 heavy (non-hydrogen) atoms. The molecule has 0 bridgehead atoms. The zero-order valence-corrected chi connectivity index (χ0v) is 15.3. The van der Waals surface area contributed by atoms with Crippen LogP contribution in [-0.2, 0) is 6.42 Å². The van der Waals surface area contributed by atoms with E-state index >= 15 is 0 Å². The molecule has 136 valence electrons. The number of hydrogen-bond donors (Lipinski definition) is 1. The number of aromatic nitrogens is 2. The summed E-state index contributed by atoms with van der Waals surface area (Å²) in [5, 5.41) is 7.77. The van der Waals surface area contributed by atoms with E-state index in [9.17, 15) is 4.79 Å². The molecule has 0 atom stereocenters. The molecule has 6 nitrogen and oxygen atoms in total. The molecule has 2 aliphatic rings. The van der Waals surface area contributed by atoms with Crippen LogP contribution in [0.1, 0.15) is 60.3 Å². The third kappa shape index (κ3) is 2.89. The van der Waals surface area contributed by atoms with Crippen molar-refractivity contribution in [3.63, 3.8) is 0 Å². The first-order valence-electron chi connectivity index (χ1n) is 9.32. The molecule has 1 aliphatic heterocycles. The zero-order valence-electron chi connectivity index (χ0n) is 15.3. The predicted molar refractivity (Wildman–Crippen MR) is 101 cm³/mol. The number of amides is 1. The minimum atomic E-state index is -0.0756. The second-order valence-electron chi connectivity index (χ2n) is 6.85. The fourth-order valence-electron chi connectivity index (χ4n) is 3.83. The lowest BCUT2D eigenvalue weighted by Gasteiger charge is -2.12. The Balaban J connectivity index is 1.82. The first-order valence-corrected chi connectivity index (χ1v) is 9.32. The van der Waals surface area contributed by atoms with E-state index in [0.29, 0.717) is 18.2 Å². The highest BCUT2D eigenvalue weighted by Gasteiger charge is 2.30. The second kappa shape index (κ2) is 6.94. The van der Waals surface area contributed by atoms with Gasteiger partial charge in [0.2, 0.25) is 0 Å². The van der Waals surface area contributed by atoms with Gasteiger partial charge in [0.05, 0.1) is 31.1 Å². The number of aryl methyl sites for hydroxylation is 1. The Labute approximate surface area is 153 Å². The van der Waals surface area contributed by atoms with E-state index in [1.54, 1.807) is 7.11 Å². The van der Waals surface area contributed by atoms with Gasteiger partial charge in [0.15, 0.2) is 5.82 Å². The van der Waals surface area contributed by atoms with E-state index in [4.69, 9.17) is 14.8 Å². The number of rotatable bonds is 4. The molecule has 1 N–H and O–H groups in total. The smallest absolute Gasteiger partial charge is 0.257 e. The summed E-state index contributed by atoms with van der Waals surface area (Å²) in [5.41, 5.74) is 3.31. The Hall–Kier alpha value is -2.63. The van der Waals surface area contributed by atoms with Crippen LogP contribution in [0.2, 0.25) is 0 Å². The molecule has 0 radical (unpaired) electrons. The molecule has 1 fully saturated rings. The van der Waals surface area contributed by atoms with E-state index in [1.807, 2.05) is 35.9 Å². The number of fused-ring (bicyclic) bond motifs is 1. The number of benzene rings is 1. The van der Waals surface area contributed by atoms with E-state index < -0.39 is 0 Å². The number of ether oxygens (including phenoxy) is 1. The lowest BCUT2D eigenvalue weighted by atomic mass is 10.1. The summed E-state index contributed by atoms with van der Waals surface area (Å²) >= 11 is 0. The van der Waals surface area contributed by atoms with Crippen LogP contribution in [0.5, 0.6) is 5.75 Å².